The fourth-order valence-corrected chi connectivity index (χ4v) is 6.55. The summed E-state index contributed by atoms with van der Waals surface area (Å²) in [5.41, 5.74) is 2.12. The molecular weight excluding hydrogens is 533 g/mol. The normalized spacial score (nSPS) is 14.8. The number of hydrogen-bond donors (Lipinski definition) is 2. The summed E-state index contributed by atoms with van der Waals surface area (Å²) in [4.78, 5) is 25.8. The molecule has 1 aliphatic rings. The van der Waals surface area contributed by atoms with E-state index < -0.39 is 10.0 Å². The van der Waals surface area contributed by atoms with E-state index in [2.05, 4.69) is 10.6 Å². The number of sulfonamides is 1. The van der Waals surface area contributed by atoms with Gasteiger partial charge in [-0.25, -0.2) is 12.7 Å². The van der Waals surface area contributed by atoms with Crippen molar-refractivity contribution in [2.45, 2.75) is 25.1 Å². The molecule has 37 heavy (non-hydrogen) atoms. The van der Waals surface area contributed by atoms with Crippen LogP contribution in [-0.2, 0) is 27.1 Å². The number of hydrogen-bond acceptors (Lipinski definition) is 4. The van der Waals surface area contributed by atoms with Crippen molar-refractivity contribution >= 4 is 50.7 Å². The van der Waals surface area contributed by atoms with E-state index in [0.29, 0.717) is 46.2 Å². The molecule has 1 fully saturated rings. The molecule has 0 atom stereocenters. The number of rotatable bonds is 8. The maximum Gasteiger partial charge on any atom is 0.253 e. The van der Waals surface area contributed by atoms with E-state index in [4.69, 9.17) is 23.2 Å². The van der Waals surface area contributed by atoms with Gasteiger partial charge in [-0.05, 0) is 42.7 Å². The second kappa shape index (κ2) is 12.1. The second-order valence-electron chi connectivity index (χ2n) is 8.83. The van der Waals surface area contributed by atoms with Crippen molar-refractivity contribution in [3.8, 4) is 0 Å². The molecule has 3 aromatic rings. The van der Waals surface area contributed by atoms with Crippen molar-refractivity contribution in [1.29, 1.82) is 0 Å². The van der Waals surface area contributed by atoms with Crippen LogP contribution < -0.4 is 10.6 Å². The molecule has 4 rings (SSSR count). The standard InChI is InChI=1S/C27H27Cl2N3O4S/c28-23-10-6-11-24(29)22(23)18-37(35,36)32-15-13-20(14-16-32)26(33)31-25-12-5-4-9-21(25)27(34)30-17-19-7-2-1-3-8-19/h1-12,20H,13-18H2,(H,30,34)(H,31,33). The summed E-state index contributed by atoms with van der Waals surface area (Å²) >= 11 is 12.3. The Morgan fingerprint density at radius 3 is 2.16 bits per heavy atom. The fourth-order valence-electron chi connectivity index (χ4n) is 4.24. The SMILES string of the molecule is O=C(NCc1ccccc1)c1ccccc1NC(=O)C1CCN(S(=O)(=O)Cc2c(Cl)cccc2Cl)CC1. The minimum absolute atomic E-state index is 0.210. The molecule has 10 heteroatoms. The molecule has 194 valence electrons. The maximum atomic E-state index is 13.0. The van der Waals surface area contributed by atoms with Crippen molar-refractivity contribution in [2.75, 3.05) is 18.4 Å². The number of anilines is 1. The lowest BCUT2D eigenvalue weighted by molar-refractivity contribution is -0.120. The van der Waals surface area contributed by atoms with Gasteiger partial charge in [0, 0.05) is 41.2 Å². The molecule has 0 aromatic heterocycles. The average Bonchev–Trinajstić information content (AvgIpc) is 2.90. The maximum absolute atomic E-state index is 13.0. The van der Waals surface area contributed by atoms with Gasteiger partial charge < -0.3 is 10.6 Å². The zero-order valence-corrected chi connectivity index (χ0v) is 22.3. The van der Waals surface area contributed by atoms with E-state index in [1.807, 2.05) is 30.3 Å². The van der Waals surface area contributed by atoms with E-state index in [1.54, 1.807) is 42.5 Å². The topological polar surface area (TPSA) is 95.6 Å². The van der Waals surface area contributed by atoms with E-state index in [1.165, 1.54) is 4.31 Å². The van der Waals surface area contributed by atoms with Gasteiger partial charge >= 0.3 is 0 Å². The van der Waals surface area contributed by atoms with Crippen molar-refractivity contribution in [2.24, 2.45) is 5.92 Å². The van der Waals surface area contributed by atoms with Crippen LogP contribution in [0.2, 0.25) is 10.0 Å². The van der Waals surface area contributed by atoms with Gasteiger partial charge in [-0.1, -0.05) is 71.7 Å². The zero-order chi connectivity index (χ0) is 26.4. The number of nitrogens with one attached hydrogen (secondary N) is 2. The summed E-state index contributed by atoms with van der Waals surface area (Å²) in [5.74, 6) is -1.21. The molecular formula is C27H27Cl2N3O4S. The summed E-state index contributed by atoms with van der Waals surface area (Å²) < 4.78 is 27.3. The van der Waals surface area contributed by atoms with E-state index >= 15 is 0 Å². The predicted molar refractivity (Wildman–Crippen MR) is 146 cm³/mol. The summed E-state index contributed by atoms with van der Waals surface area (Å²) in [6.07, 6.45) is 0.730. The number of halogens is 2. The van der Waals surface area contributed by atoms with Crippen LogP contribution in [0.15, 0.2) is 72.8 Å². The Kier molecular flexibility index (Phi) is 8.87. The summed E-state index contributed by atoms with van der Waals surface area (Å²) in [6.45, 7) is 0.789. The average molecular weight is 561 g/mol. The van der Waals surface area contributed by atoms with Crippen molar-refractivity contribution in [3.05, 3.63) is 99.5 Å². The summed E-state index contributed by atoms with van der Waals surface area (Å²) in [6, 6.07) is 21.3. The quantitative estimate of drug-likeness (QED) is 0.401. The van der Waals surface area contributed by atoms with Crippen LogP contribution in [-0.4, -0.2) is 37.6 Å². The van der Waals surface area contributed by atoms with Gasteiger partial charge in [0.05, 0.1) is 17.0 Å². The third-order valence-corrected chi connectivity index (χ3v) is 8.85. The molecule has 1 saturated heterocycles. The fraction of sp³-hybridized carbons (Fsp3) is 0.259. The Bertz CT molecular complexity index is 1360. The molecule has 0 aliphatic carbocycles. The molecule has 1 heterocycles. The first kappa shape index (κ1) is 27.1. The second-order valence-corrected chi connectivity index (χ2v) is 11.6. The van der Waals surface area contributed by atoms with Crippen LogP contribution in [0.25, 0.3) is 0 Å². The molecule has 1 aliphatic heterocycles. The van der Waals surface area contributed by atoms with Crippen molar-refractivity contribution < 1.29 is 18.0 Å². The molecule has 0 saturated carbocycles. The van der Waals surface area contributed by atoms with Crippen LogP contribution in [0.5, 0.6) is 0 Å². The Morgan fingerprint density at radius 2 is 1.49 bits per heavy atom. The largest absolute Gasteiger partial charge is 0.348 e. The summed E-state index contributed by atoms with van der Waals surface area (Å²) in [7, 11) is -3.66. The predicted octanol–water partition coefficient (Wildman–Crippen LogP) is 5.10. The molecule has 0 unspecified atom stereocenters. The molecule has 2 N–H and O–H groups in total. The number of para-hydroxylation sites is 1. The van der Waals surface area contributed by atoms with Gasteiger partial charge in [0.1, 0.15) is 0 Å². The van der Waals surface area contributed by atoms with Gasteiger partial charge in [0.2, 0.25) is 15.9 Å². The lowest BCUT2D eigenvalue weighted by Gasteiger charge is -2.31. The minimum Gasteiger partial charge on any atom is -0.348 e. The third-order valence-electron chi connectivity index (χ3n) is 6.33. The molecule has 0 spiro atoms. The highest BCUT2D eigenvalue weighted by atomic mass is 35.5. The van der Waals surface area contributed by atoms with Gasteiger partial charge in [-0.2, -0.15) is 0 Å². The minimum atomic E-state index is -3.66. The highest BCUT2D eigenvalue weighted by Crippen LogP contribution is 2.29. The van der Waals surface area contributed by atoms with Crippen LogP contribution >= 0.6 is 23.2 Å². The van der Waals surface area contributed by atoms with Crippen LogP contribution in [0.4, 0.5) is 5.69 Å². The first-order chi connectivity index (χ1) is 17.7. The van der Waals surface area contributed by atoms with Crippen molar-refractivity contribution in [3.63, 3.8) is 0 Å². The van der Waals surface area contributed by atoms with Crippen LogP contribution in [0.3, 0.4) is 0 Å². The lowest BCUT2D eigenvalue weighted by atomic mass is 9.97. The molecule has 0 radical (unpaired) electrons. The van der Waals surface area contributed by atoms with E-state index in [-0.39, 0.29) is 36.6 Å². The highest BCUT2D eigenvalue weighted by molar-refractivity contribution is 7.88. The molecule has 3 aromatic carbocycles. The lowest BCUT2D eigenvalue weighted by Crippen LogP contribution is -2.42. The van der Waals surface area contributed by atoms with Crippen LogP contribution in [0, 0.1) is 5.92 Å². The van der Waals surface area contributed by atoms with Gasteiger partial charge in [-0.3, -0.25) is 9.59 Å². The third kappa shape index (κ3) is 6.90. The number of piperidine rings is 1. The Balaban J connectivity index is 1.35. The number of benzene rings is 3. The van der Waals surface area contributed by atoms with Gasteiger partial charge in [0.25, 0.3) is 5.91 Å². The van der Waals surface area contributed by atoms with Crippen molar-refractivity contribution in [1.82, 2.24) is 9.62 Å². The van der Waals surface area contributed by atoms with Gasteiger partial charge in [0.15, 0.2) is 0 Å². The van der Waals surface area contributed by atoms with Gasteiger partial charge in [-0.15, -0.1) is 0 Å². The number of nitrogens with zero attached hydrogens (tertiary/aromatic N) is 1. The number of carbonyl (C=O) groups is 2. The number of amides is 2. The smallest absolute Gasteiger partial charge is 0.253 e. The first-order valence-corrected chi connectivity index (χ1v) is 14.2. The zero-order valence-electron chi connectivity index (χ0n) is 20.0. The number of carbonyl (C=O) groups excluding carboxylic acids is 2. The Labute approximate surface area is 226 Å². The first-order valence-electron chi connectivity index (χ1n) is 11.9. The molecule has 2 amide bonds. The van der Waals surface area contributed by atoms with Crippen LogP contribution in [0.1, 0.15) is 34.3 Å². The Hall–Kier alpha value is -2.91. The molecule has 0 bridgehead atoms. The summed E-state index contributed by atoms with van der Waals surface area (Å²) in [5, 5.41) is 6.35. The van der Waals surface area contributed by atoms with E-state index in [0.717, 1.165) is 5.56 Å². The highest BCUT2D eigenvalue weighted by Gasteiger charge is 2.32. The van der Waals surface area contributed by atoms with E-state index in [9.17, 15) is 18.0 Å². The molecule has 7 nitrogen and oxygen atoms in total. The Morgan fingerprint density at radius 1 is 0.865 bits per heavy atom. The monoisotopic (exact) mass is 559 g/mol.